The number of halogens is 1. The molecular weight excluding hydrogens is 316 g/mol. The number of benzene rings is 1. The number of nitrogens with zero attached hydrogens (tertiary/aromatic N) is 1. The van der Waals surface area contributed by atoms with Crippen molar-refractivity contribution in [3.05, 3.63) is 28.2 Å². The Morgan fingerprint density at radius 3 is 2.40 bits per heavy atom. The predicted octanol–water partition coefficient (Wildman–Crippen LogP) is 4.07. The summed E-state index contributed by atoms with van der Waals surface area (Å²) in [5.74, 6) is 0.117. The fraction of sp³-hybridized carbons (Fsp3) is 0.562. The van der Waals surface area contributed by atoms with Crippen LogP contribution in [-0.4, -0.2) is 23.9 Å². The van der Waals surface area contributed by atoms with Gasteiger partial charge in [0.25, 0.3) is 5.91 Å². The fourth-order valence-corrected chi connectivity index (χ4v) is 3.36. The van der Waals surface area contributed by atoms with Crippen molar-refractivity contribution in [2.24, 2.45) is 5.41 Å². The van der Waals surface area contributed by atoms with E-state index in [9.17, 15) is 4.79 Å². The molecule has 0 unspecified atom stereocenters. The van der Waals surface area contributed by atoms with Gasteiger partial charge in [0.15, 0.2) is 0 Å². The summed E-state index contributed by atoms with van der Waals surface area (Å²) < 4.78 is 0.789. The van der Waals surface area contributed by atoms with E-state index in [0.717, 1.165) is 30.4 Å². The molecule has 20 heavy (non-hydrogen) atoms. The van der Waals surface area contributed by atoms with Crippen LogP contribution in [0, 0.1) is 5.41 Å². The summed E-state index contributed by atoms with van der Waals surface area (Å²) in [6, 6.07) is 5.41. The molecule has 3 nitrogen and oxygen atoms in total. The van der Waals surface area contributed by atoms with Gasteiger partial charge in [-0.1, -0.05) is 26.7 Å². The lowest BCUT2D eigenvalue weighted by molar-refractivity contribution is 0.0558. The molecule has 2 N–H and O–H groups in total. The number of anilines is 1. The Morgan fingerprint density at radius 2 is 1.90 bits per heavy atom. The molecule has 1 saturated heterocycles. The Hall–Kier alpha value is -1.03. The minimum atomic E-state index is 0.117. The number of hydrogen-bond acceptors (Lipinski definition) is 2. The van der Waals surface area contributed by atoms with Gasteiger partial charge in [-0.15, -0.1) is 0 Å². The highest BCUT2D eigenvalue weighted by Crippen LogP contribution is 2.38. The number of hydrogen-bond donors (Lipinski definition) is 1. The molecule has 2 rings (SSSR count). The largest absolute Gasteiger partial charge is 0.398 e. The second kappa shape index (κ2) is 6.17. The average Bonchev–Trinajstić information content (AvgIpc) is 2.49. The topological polar surface area (TPSA) is 46.3 Å². The van der Waals surface area contributed by atoms with Crippen LogP contribution >= 0.6 is 15.9 Å². The molecule has 0 aliphatic carbocycles. The first-order valence-corrected chi connectivity index (χ1v) is 8.15. The van der Waals surface area contributed by atoms with Gasteiger partial charge in [-0.05, 0) is 52.4 Å². The summed E-state index contributed by atoms with van der Waals surface area (Å²) in [5, 5.41) is 0. The van der Waals surface area contributed by atoms with Gasteiger partial charge in [0, 0.05) is 28.8 Å². The van der Waals surface area contributed by atoms with Crippen LogP contribution in [0.2, 0.25) is 0 Å². The van der Waals surface area contributed by atoms with Crippen molar-refractivity contribution in [2.75, 3.05) is 18.8 Å². The number of nitrogen functional groups attached to an aromatic ring is 1. The van der Waals surface area contributed by atoms with Crippen molar-refractivity contribution in [3.8, 4) is 0 Å². The van der Waals surface area contributed by atoms with Crippen LogP contribution in [0.4, 0.5) is 5.69 Å². The molecule has 110 valence electrons. The lowest BCUT2D eigenvalue weighted by Gasteiger charge is -2.41. The highest BCUT2D eigenvalue weighted by atomic mass is 79.9. The van der Waals surface area contributed by atoms with Crippen molar-refractivity contribution < 1.29 is 4.79 Å². The zero-order chi connectivity index (χ0) is 14.8. The van der Waals surface area contributed by atoms with Gasteiger partial charge in [-0.25, -0.2) is 0 Å². The van der Waals surface area contributed by atoms with Crippen molar-refractivity contribution in [1.82, 2.24) is 4.90 Å². The van der Waals surface area contributed by atoms with Gasteiger partial charge in [0.2, 0.25) is 0 Å². The van der Waals surface area contributed by atoms with E-state index in [2.05, 4.69) is 29.8 Å². The summed E-state index contributed by atoms with van der Waals surface area (Å²) in [6.45, 7) is 6.25. The van der Waals surface area contributed by atoms with E-state index in [0.29, 0.717) is 16.7 Å². The molecule has 1 aromatic carbocycles. The second-order valence-electron chi connectivity index (χ2n) is 5.74. The summed E-state index contributed by atoms with van der Waals surface area (Å²) in [6.07, 6.45) is 4.64. The Kier molecular flexibility index (Phi) is 4.74. The predicted molar refractivity (Wildman–Crippen MR) is 86.7 cm³/mol. The second-order valence-corrected chi connectivity index (χ2v) is 6.59. The molecule has 1 heterocycles. The lowest BCUT2D eigenvalue weighted by atomic mass is 9.74. The van der Waals surface area contributed by atoms with Crippen LogP contribution < -0.4 is 5.73 Å². The summed E-state index contributed by atoms with van der Waals surface area (Å²) in [7, 11) is 0. The van der Waals surface area contributed by atoms with Gasteiger partial charge in [-0.2, -0.15) is 0 Å². The van der Waals surface area contributed by atoms with Crippen LogP contribution in [-0.2, 0) is 0 Å². The van der Waals surface area contributed by atoms with E-state index in [1.54, 1.807) is 6.07 Å². The van der Waals surface area contributed by atoms with Crippen LogP contribution in [0.5, 0.6) is 0 Å². The van der Waals surface area contributed by atoms with Crippen molar-refractivity contribution >= 4 is 27.5 Å². The average molecular weight is 339 g/mol. The molecule has 1 amide bonds. The number of piperidine rings is 1. The Bertz CT molecular complexity index is 487. The molecule has 0 aromatic heterocycles. The summed E-state index contributed by atoms with van der Waals surface area (Å²) in [5.41, 5.74) is 7.59. The number of nitrogens with two attached hydrogens (primary N) is 1. The van der Waals surface area contributed by atoms with Gasteiger partial charge in [0.1, 0.15) is 0 Å². The Balaban J connectivity index is 2.06. The first kappa shape index (κ1) is 15.4. The smallest absolute Gasteiger partial charge is 0.253 e. The third-order valence-electron chi connectivity index (χ3n) is 4.86. The highest BCUT2D eigenvalue weighted by molar-refractivity contribution is 9.10. The van der Waals surface area contributed by atoms with Crippen LogP contribution in [0.15, 0.2) is 22.7 Å². The van der Waals surface area contributed by atoms with Crippen LogP contribution in [0.1, 0.15) is 49.9 Å². The van der Waals surface area contributed by atoms with E-state index in [1.807, 2.05) is 17.0 Å². The number of carbonyl (C=O) groups is 1. The maximum atomic E-state index is 12.5. The number of rotatable bonds is 3. The Morgan fingerprint density at radius 1 is 1.30 bits per heavy atom. The van der Waals surface area contributed by atoms with Crippen molar-refractivity contribution in [2.45, 2.75) is 39.5 Å². The number of likely N-dealkylation sites (tertiary alicyclic amines) is 1. The Labute approximate surface area is 129 Å². The number of amides is 1. The van der Waals surface area contributed by atoms with Gasteiger partial charge < -0.3 is 10.6 Å². The standard InChI is InChI=1S/C16H23BrN2O/c1-3-16(4-2)7-9-19(10-8-16)15(20)12-5-6-14(18)13(17)11-12/h5-6,11H,3-4,7-10,18H2,1-2H3. The first-order valence-electron chi connectivity index (χ1n) is 7.35. The van der Waals surface area contributed by atoms with E-state index < -0.39 is 0 Å². The van der Waals surface area contributed by atoms with Gasteiger partial charge >= 0.3 is 0 Å². The molecule has 0 radical (unpaired) electrons. The zero-order valence-corrected chi connectivity index (χ0v) is 13.9. The fourth-order valence-electron chi connectivity index (χ4n) is 2.98. The minimum Gasteiger partial charge on any atom is -0.398 e. The zero-order valence-electron chi connectivity index (χ0n) is 12.3. The molecule has 1 fully saturated rings. The van der Waals surface area contributed by atoms with E-state index in [4.69, 9.17) is 5.73 Å². The minimum absolute atomic E-state index is 0.117. The summed E-state index contributed by atoms with van der Waals surface area (Å²) >= 11 is 3.38. The third-order valence-corrected chi connectivity index (χ3v) is 5.55. The van der Waals surface area contributed by atoms with Crippen LogP contribution in [0.3, 0.4) is 0 Å². The first-order chi connectivity index (χ1) is 9.51. The third kappa shape index (κ3) is 3.00. The molecule has 4 heteroatoms. The highest BCUT2D eigenvalue weighted by Gasteiger charge is 2.33. The van der Waals surface area contributed by atoms with E-state index >= 15 is 0 Å². The SMILES string of the molecule is CCC1(CC)CCN(C(=O)c2ccc(N)c(Br)c2)CC1. The quantitative estimate of drug-likeness (QED) is 0.844. The van der Waals surface area contributed by atoms with Gasteiger partial charge in [-0.3, -0.25) is 4.79 Å². The molecule has 0 saturated carbocycles. The molecule has 0 bridgehead atoms. The molecular formula is C16H23BrN2O. The summed E-state index contributed by atoms with van der Waals surface area (Å²) in [4.78, 5) is 14.5. The lowest BCUT2D eigenvalue weighted by Crippen LogP contribution is -2.42. The van der Waals surface area contributed by atoms with Crippen molar-refractivity contribution in [1.29, 1.82) is 0 Å². The normalized spacial score (nSPS) is 18.1. The van der Waals surface area contributed by atoms with Crippen LogP contribution in [0.25, 0.3) is 0 Å². The monoisotopic (exact) mass is 338 g/mol. The molecule has 1 aliphatic heterocycles. The maximum Gasteiger partial charge on any atom is 0.253 e. The van der Waals surface area contributed by atoms with Gasteiger partial charge in [0.05, 0.1) is 0 Å². The molecule has 0 spiro atoms. The molecule has 0 atom stereocenters. The van der Waals surface area contributed by atoms with E-state index in [1.165, 1.54) is 12.8 Å². The van der Waals surface area contributed by atoms with Crippen molar-refractivity contribution in [3.63, 3.8) is 0 Å². The molecule has 1 aliphatic rings. The maximum absolute atomic E-state index is 12.5. The molecule has 1 aromatic rings. The van der Waals surface area contributed by atoms with E-state index in [-0.39, 0.29) is 5.91 Å². The number of carbonyl (C=O) groups excluding carboxylic acids is 1.